The molecule has 22 heavy (non-hydrogen) atoms. The highest BCUT2D eigenvalue weighted by atomic mass is 31.3. The van der Waals surface area contributed by atoms with Gasteiger partial charge in [0.2, 0.25) is 0 Å². The monoisotopic (exact) mass is 340 g/mol. The second-order valence-electron chi connectivity index (χ2n) is 4.60. The Morgan fingerprint density at radius 1 is 0.909 bits per heavy atom. The van der Waals surface area contributed by atoms with E-state index in [1.54, 1.807) is 48.5 Å². The second kappa shape index (κ2) is 7.36. The van der Waals surface area contributed by atoms with E-state index in [2.05, 4.69) is 0 Å². The third kappa shape index (κ3) is 4.16. The molecule has 0 bridgehead atoms. The van der Waals surface area contributed by atoms with E-state index in [9.17, 15) is 14.0 Å². The van der Waals surface area contributed by atoms with Crippen LogP contribution < -0.4 is 10.6 Å². The largest absolute Gasteiger partial charge is 0.368 e. The highest BCUT2D eigenvalue weighted by molar-refractivity contribution is 7.74. The second-order valence-corrected chi connectivity index (χ2v) is 8.58. The van der Waals surface area contributed by atoms with E-state index in [1.807, 2.05) is 6.92 Å². The molecular formula is C15H18O5P2. The molecule has 2 aromatic carbocycles. The maximum Gasteiger partial charge on any atom is 0.368 e. The van der Waals surface area contributed by atoms with Gasteiger partial charge in [-0.25, -0.2) is 4.31 Å². The van der Waals surface area contributed by atoms with E-state index in [1.165, 1.54) is 12.1 Å². The molecule has 0 aromatic heterocycles. The number of rotatable bonds is 7. The minimum Gasteiger partial charge on any atom is -0.321 e. The quantitative estimate of drug-likeness (QED) is 0.782. The van der Waals surface area contributed by atoms with Gasteiger partial charge in [-0.15, -0.1) is 0 Å². The Bertz CT molecular complexity index is 688. The first kappa shape index (κ1) is 17.1. The highest BCUT2D eigenvalue weighted by Crippen LogP contribution is 2.60. The highest BCUT2D eigenvalue weighted by Gasteiger charge is 2.37. The van der Waals surface area contributed by atoms with Gasteiger partial charge < -0.3 is 9.42 Å². The average Bonchev–Trinajstić information content (AvgIpc) is 2.54. The van der Waals surface area contributed by atoms with Crippen molar-refractivity contribution in [2.24, 2.45) is 0 Å². The van der Waals surface area contributed by atoms with Crippen LogP contribution in [0.25, 0.3) is 0 Å². The van der Waals surface area contributed by atoms with Gasteiger partial charge in [-0.1, -0.05) is 43.3 Å². The number of benzene rings is 2. The standard InChI is InChI=1S/C15H18O5P2/c1-2-13-19-22(18,15-11-7-4-8-12-15)20-21(16,17)14-9-5-3-6-10-14/h3-12H,2,13H2,1H3,(H,16,17). The molecule has 118 valence electrons. The predicted molar refractivity (Wildman–Crippen MR) is 86.9 cm³/mol. The van der Waals surface area contributed by atoms with Gasteiger partial charge in [0.15, 0.2) is 0 Å². The summed E-state index contributed by atoms with van der Waals surface area (Å²) in [5, 5.41) is 0.333. The molecule has 0 saturated heterocycles. The fourth-order valence-electron chi connectivity index (χ4n) is 1.78. The van der Waals surface area contributed by atoms with E-state index >= 15 is 0 Å². The lowest BCUT2D eigenvalue weighted by atomic mass is 10.4. The van der Waals surface area contributed by atoms with Crippen LogP contribution in [0.3, 0.4) is 0 Å². The van der Waals surface area contributed by atoms with Crippen molar-refractivity contribution in [3.05, 3.63) is 60.7 Å². The molecule has 2 atom stereocenters. The lowest BCUT2D eigenvalue weighted by molar-refractivity contribution is 0.265. The summed E-state index contributed by atoms with van der Waals surface area (Å²) in [6.45, 7) is 2.02. The molecule has 1 N–H and O–H groups in total. The molecule has 0 amide bonds. The minimum absolute atomic E-state index is 0.0752. The zero-order valence-corrected chi connectivity index (χ0v) is 14.0. The molecule has 0 aliphatic heterocycles. The first-order valence-electron chi connectivity index (χ1n) is 6.88. The summed E-state index contributed by atoms with van der Waals surface area (Å²) in [4.78, 5) is 10.2. The van der Waals surface area contributed by atoms with Crippen LogP contribution in [0.15, 0.2) is 60.7 Å². The fraction of sp³-hybridized carbons (Fsp3) is 0.200. The summed E-state index contributed by atoms with van der Waals surface area (Å²) in [6, 6.07) is 16.1. The molecule has 0 fully saturated rings. The van der Waals surface area contributed by atoms with Crippen molar-refractivity contribution in [3.8, 4) is 0 Å². The van der Waals surface area contributed by atoms with E-state index < -0.39 is 15.2 Å². The Balaban J connectivity index is 2.35. The van der Waals surface area contributed by atoms with Gasteiger partial charge in [-0.05, 0) is 30.7 Å². The maximum atomic E-state index is 13.0. The van der Waals surface area contributed by atoms with Gasteiger partial charge in [-0.3, -0.25) is 9.13 Å². The Hall–Kier alpha value is -1.22. The summed E-state index contributed by atoms with van der Waals surface area (Å²) < 4.78 is 35.9. The first-order chi connectivity index (χ1) is 10.5. The molecule has 5 nitrogen and oxygen atoms in total. The summed E-state index contributed by atoms with van der Waals surface area (Å²) in [7, 11) is -8.15. The molecule has 2 aromatic rings. The van der Waals surface area contributed by atoms with Crippen LogP contribution >= 0.6 is 15.2 Å². The van der Waals surface area contributed by atoms with Crippen molar-refractivity contribution < 1.29 is 22.9 Å². The molecule has 0 aliphatic carbocycles. The van der Waals surface area contributed by atoms with E-state index in [0.717, 1.165) is 0 Å². The Morgan fingerprint density at radius 2 is 1.41 bits per heavy atom. The van der Waals surface area contributed by atoms with Gasteiger partial charge in [0.1, 0.15) is 0 Å². The van der Waals surface area contributed by atoms with Crippen LogP contribution in [0.1, 0.15) is 13.3 Å². The lowest BCUT2D eigenvalue weighted by Crippen LogP contribution is -2.13. The van der Waals surface area contributed by atoms with Crippen LogP contribution in [0.4, 0.5) is 0 Å². The van der Waals surface area contributed by atoms with Crippen molar-refractivity contribution in [2.75, 3.05) is 6.61 Å². The van der Waals surface area contributed by atoms with Crippen molar-refractivity contribution in [1.82, 2.24) is 0 Å². The summed E-state index contributed by atoms with van der Waals surface area (Å²) in [6.07, 6.45) is 0.612. The molecule has 0 saturated carbocycles. The van der Waals surface area contributed by atoms with Crippen LogP contribution in [-0.4, -0.2) is 11.5 Å². The smallest absolute Gasteiger partial charge is 0.321 e. The Morgan fingerprint density at radius 3 is 1.91 bits per heavy atom. The van der Waals surface area contributed by atoms with E-state index in [0.29, 0.717) is 6.42 Å². The maximum absolute atomic E-state index is 13.0. The van der Waals surface area contributed by atoms with Crippen molar-refractivity contribution in [2.45, 2.75) is 13.3 Å². The summed E-state index contributed by atoms with van der Waals surface area (Å²) in [5.41, 5.74) is 0. The van der Waals surface area contributed by atoms with Crippen LogP contribution in [0.5, 0.6) is 0 Å². The number of hydrogen-bond donors (Lipinski definition) is 1. The number of hydrogen-bond acceptors (Lipinski definition) is 4. The SMILES string of the molecule is CCCOP(=O)(OP(=O)(O)c1ccccc1)c1ccccc1. The molecule has 0 spiro atoms. The topological polar surface area (TPSA) is 72.8 Å². The zero-order chi connectivity index (χ0) is 16.1. The van der Waals surface area contributed by atoms with Gasteiger partial charge >= 0.3 is 15.2 Å². The normalized spacial score (nSPS) is 16.6. The van der Waals surface area contributed by atoms with E-state index in [4.69, 9.17) is 8.83 Å². The molecule has 7 heteroatoms. The average molecular weight is 340 g/mol. The summed E-state index contributed by atoms with van der Waals surface area (Å²) >= 11 is 0. The van der Waals surface area contributed by atoms with Crippen molar-refractivity contribution >= 4 is 25.8 Å². The van der Waals surface area contributed by atoms with Crippen molar-refractivity contribution in [1.29, 1.82) is 0 Å². The van der Waals surface area contributed by atoms with Gasteiger partial charge in [-0.2, -0.15) is 0 Å². The minimum atomic E-state index is -4.26. The predicted octanol–water partition coefficient (Wildman–Crippen LogP) is 3.46. The summed E-state index contributed by atoms with van der Waals surface area (Å²) in [5.74, 6) is 0. The van der Waals surface area contributed by atoms with Crippen molar-refractivity contribution in [3.63, 3.8) is 0 Å². The molecule has 0 heterocycles. The fourth-order valence-corrected chi connectivity index (χ4v) is 5.54. The Kier molecular flexibility index (Phi) is 5.74. The molecule has 0 aliphatic rings. The molecule has 2 unspecified atom stereocenters. The third-order valence-corrected chi connectivity index (χ3v) is 6.99. The van der Waals surface area contributed by atoms with Gasteiger partial charge in [0, 0.05) is 0 Å². The molecule has 2 rings (SSSR count). The zero-order valence-electron chi connectivity index (χ0n) is 12.2. The molecular weight excluding hydrogens is 322 g/mol. The van der Waals surface area contributed by atoms with Gasteiger partial charge in [0.25, 0.3) is 0 Å². The third-order valence-electron chi connectivity index (χ3n) is 2.84. The van der Waals surface area contributed by atoms with Gasteiger partial charge in [0.05, 0.1) is 17.2 Å². The Labute approximate surface area is 130 Å². The first-order valence-corrected chi connectivity index (χ1v) is 10.00. The van der Waals surface area contributed by atoms with Crippen LogP contribution in [-0.2, 0) is 18.0 Å². The van der Waals surface area contributed by atoms with Crippen LogP contribution in [0.2, 0.25) is 0 Å². The van der Waals surface area contributed by atoms with Crippen LogP contribution in [0, 0.1) is 0 Å². The molecule has 0 radical (unpaired) electrons. The lowest BCUT2D eigenvalue weighted by Gasteiger charge is -2.21. The van der Waals surface area contributed by atoms with E-state index in [-0.39, 0.29) is 17.2 Å².